The summed E-state index contributed by atoms with van der Waals surface area (Å²) in [7, 11) is 2.81. The Morgan fingerprint density at radius 1 is 1.48 bits per heavy atom. The van der Waals surface area contributed by atoms with Crippen LogP contribution in [-0.4, -0.2) is 31.4 Å². The highest BCUT2D eigenvalue weighted by atomic mass is 35.7. The summed E-state index contributed by atoms with van der Waals surface area (Å²) in [6.07, 6.45) is 2.84. The van der Waals surface area contributed by atoms with Gasteiger partial charge in [0.25, 0.3) is 15.0 Å². The summed E-state index contributed by atoms with van der Waals surface area (Å²) in [6, 6.07) is 1.48. The SMILES string of the molecule is COc1cnccc1C(=O)Nc1nc(C)c(S(=O)(=O)Cl)s1. The molecule has 7 nitrogen and oxygen atoms in total. The van der Waals surface area contributed by atoms with E-state index in [1.165, 1.54) is 32.5 Å². The number of hydrogen-bond acceptors (Lipinski definition) is 7. The standard InChI is InChI=1S/C11H10ClN3O4S2/c1-6-10(21(12,17)18)20-11(14-6)15-9(16)7-3-4-13-5-8(7)19-2/h3-5H,1-2H3,(H,14,15,16). The smallest absolute Gasteiger partial charge is 0.272 e. The molecule has 2 aromatic heterocycles. The molecule has 10 heteroatoms. The number of aromatic nitrogens is 2. The van der Waals surface area contributed by atoms with Crippen molar-refractivity contribution >= 4 is 42.1 Å². The van der Waals surface area contributed by atoms with E-state index < -0.39 is 15.0 Å². The Morgan fingerprint density at radius 2 is 2.19 bits per heavy atom. The van der Waals surface area contributed by atoms with Gasteiger partial charge in [-0.1, -0.05) is 11.3 Å². The average Bonchev–Trinajstić information content (AvgIpc) is 2.79. The van der Waals surface area contributed by atoms with Gasteiger partial charge in [-0.05, 0) is 13.0 Å². The molecule has 1 amide bonds. The monoisotopic (exact) mass is 347 g/mol. The van der Waals surface area contributed by atoms with Gasteiger partial charge in [0, 0.05) is 16.9 Å². The van der Waals surface area contributed by atoms with Gasteiger partial charge in [0.15, 0.2) is 9.34 Å². The van der Waals surface area contributed by atoms with E-state index in [4.69, 9.17) is 15.4 Å². The molecule has 0 saturated heterocycles. The van der Waals surface area contributed by atoms with Crippen LogP contribution in [0.3, 0.4) is 0 Å². The Balaban J connectivity index is 2.29. The number of carbonyl (C=O) groups excluding carboxylic acids is 1. The number of carbonyl (C=O) groups is 1. The predicted molar refractivity (Wildman–Crippen MR) is 78.6 cm³/mol. The normalized spacial score (nSPS) is 11.2. The van der Waals surface area contributed by atoms with Crippen molar-refractivity contribution in [3.8, 4) is 5.75 Å². The van der Waals surface area contributed by atoms with E-state index in [0.717, 1.165) is 11.3 Å². The average molecular weight is 348 g/mol. The van der Waals surface area contributed by atoms with Crippen LogP contribution in [0.25, 0.3) is 0 Å². The van der Waals surface area contributed by atoms with Crippen LogP contribution in [0.5, 0.6) is 5.75 Å². The van der Waals surface area contributed by atoms with Crippen LogP contribution < -0.4 is 10.1 Å². The van der Waals surface area contributed by atoms with E-state index in [1.807, 2.05) is 0 Å². The number of nitrogens with zero attached hydrogens (tertiary/aromatic N) is 2. The largest absolute Gasteiger partial charge is 0.494 e. The maximum absolute atomic E-state index is 12.1. The topological polar surface area (TPSA) is 98.2 Å². The molecule has 0 aliphatic carbocycles. The van der Waals surface area contributed by atoms with Crippen molar-refractivity contribution in [2.45, 2.75) is 11.1 Å². The van der Waals surface area contributed by atoms with Crippen LogP contribution in [0.4, 0.5) is 5.13 Å². The molecule has 0 aliphatic heterocycles. The molecule has 2 aromatic rings. The minimum atomic E-state index is -3.88. The van der Waals surface area contributed by atoms with E-state index in [0.29, 0.717) is 5.75 Å². The van der Waals surface area contributed by atoms with Gasteiger partial charge in [0.1, 0.15) is 5.75 Å². The van der Waals surface area contributed by atoms with E-state index in [9.17, 15) is 13.2 Å². The van der Waals surface area contributed by atoms with Crippen molar-refractivity contribution < 1.29 is 17.9 Å². The summed E-state index contributed by atoms with van der Waals surface area (Å²) >= 11 is 0.783. The lowest BCUT2D eigenvalue weighted by atomic mass is 10.2. The highest BCUT2D eigenvalue weighted by Crippen LogP contribution is 2.30. The molecule has 0 bridgehead atoms. The summed E-state index contributed by atoms with van der Waals surface area (Å²) in [5, 5.41) is 2.64. The molecule has 0 saturated carbocycles. The number of halogens is 1. The molecule has 1 N–H and O–H groups in total. The van der Waals surface area contributed by atoms with Crippen LogP contribution in [0, 0.1) is 6.92 Å². The highest BCUT2D eigenvalue weighted by Gasteiger charge is 2.21. The molecule has 0 radical (unpaired) electrons. The maximum atomic E-state index is 12.1. The molecule has 2 heterocycles. The molecule has 0 atom stereocenters. The second-order valence-corrected chi connectivity index (χ2v) is 7.62. The van der Waals surface area contributed by atoms with Crippen LogP contribution in [0.15, 0.2) is 22.7 Å². The zero-order valence-electron chi connectivity index (χ0n) is 11.0. The van der Waals surface area contributed by atoms with Gasteiger partial charge in [-0.25, -0.2) is 13.4 Å². The Hall–Kier alpha value is -1.71. The Morgan fingerprint density at radius 3 is 2.76 bits per heavy atom. The summed E-state index contributed by atoms with van der Waals surface area (Å²) in [5.74, 6) is -0.185. The minimum Gasteiger partial charge on any atom is -0.494 e. The van der Waals surface area contributed by atoms with E-state index in [1.54, 1.807) is 0 Å². The van der Waals surface area contributed by atoms with Gasteiger partial charge < -0.3 is 4.74 Å². The van der Waals surface area contributed by atoms with Crippen LogP contribution in [-0.2, 0) is 9.05 Å². The number of methoxy groups -OCH3 is 1. The fourth-order valence-corrected chi connectivity index (χ4v) is 3.90. The molecular formula is C11H10ClN3O4S2. The Bertz CT molecular complexity index is 789. The first kappa shape index (κ1) is 15.7. The van der Waals surface area contributed by atoms with Gasteiger partial charge in [-0.3, -0.25) is 15.1 Å². The summed E-state index contributed by atoms with van der Waals surface area (Å²) < 4.78 is 27.6. The van der Waals surface area contributed by atoms with Crippen molar-refractivity contribution in [3.05, 3.63) is 29.7 Å². The molecule has 21 heavy (non-hydrogen) atoms. The summed E-state index contributed by atoms with van der Waals surface area (Å²) in [6.45, 7) is 1.49. The summed E-state index contributed by atoms with van der Waals surface area (Å²) in [4.78, 5) is 19.9. The van der Waals surface area contributed by atoms with Gasteiger partial charge in [-0.2, -0.15) is 0 Å². The lowest BCUT2D eigenvalue weighted by Crippen LogP contribution is -2.13. The number of anilines is 1. The fourth-order valence-electron chi connectivity index (χ4n) is 1.56. The van der Waals surface area contributed by atoms with Gasteiger partial charge in [-0.15, -0.1) is 0 Å². The minimum absolute atomic E-state index is 0.0961. The van der Waals surface area contributed by atoms with Crippen LogP contribution in [0.1, 0.15) is 16.1 Å². The third-order valence-electron chi connectivity index (χ3n) is 2.45. The van der Waals surface area contributed by atoms with Crippen LogP contribution in [0.2, 0.25) is 0 Å². The van der Waals surface area contributed by atoms with E-state index in [-0.39, 0.29) is 20.6 Å². The molecule has 0 spiro atoms. The van der Waals surface area contributed by atoms with E-state index in [2.05, 4.69) is 15.3 Å². The van der Waals surface area contributed by atoms with Crippen molar-refractivity contribution in [2.24, 2.45) is 0 Å². The van der Waals surface area contributed by atoms with Gasteiger partial charge in [0.2, 0.25) is 0 Å². The van der Waals surface area contributed by atoms with Crippen molar-refractivity contribution in [3.63, 3.8) is 0 Å². The molecule has 112 valence electrons. The molecule has 0 aromatic carbocycles. The highest BCUT2D eigenvalue weighted by molar-refractivity contribution is 8.15. The number of rotatable bonds is 4. The number of pyridine rings is 1. The quantitative estimate of drug-likeness (QED) is 0.850. The Kier molecular flexibility index (Phi) is 4.45. The first-order valence-electron chi connectivity index (χ1n) is 5.54. The van der Waals surface area contributed by atoms with Crippen molar-refractivity contribution in [2.75, 3.05) is 12.4 Å². The second kappa shape index (κ2) is 5.96. The number of thiazole rings is 1. The zero-order chi connectivity index (χ0) is 15.6. The summed E-state index contributed by atoms with van der Waals surface area (Å²) in [5.41, 5.74) is 0.489. The lowest BCUT2D eigenvalue weighted by molar-refractivity contribution is 0.102. The van der Waals surface area contributed by atoms with Crippen molar-refractivity contribution in [1.82, 2.24) is 9.97 Å². The fraction of sp³-hybridized carbons (Fsp3) is 0.182. The number of hydrogen-bond donors (Lipinski definition) is 1. The molecule has 0 unspecified atom stereocenters. The maximum Gasteiger partial charge on any atom is 0.272 e. The number of aryl methyl sites for hydroxylation is 1. The van der Waals surface area contributed by atoms with Crippen molar-refractivity contribution in [1.29, 1.82) is 0 Å². The molecular weight excluding hydrogens is 338 g/mol. The van der Waals surface area contributed by atoms with Crippen LogP contribution >= 0.6 is 22.0 Å². The predicted octanol–water partition coefficient (Wildman–Crippen LogP) is 2.03. The van der Waals surface area contributed by atoms with Gasteiger partial charge in [0.05, 0.1) is 24.6 Å². The first-order valence-corrected chi connectivity index (χ1v) is 8.67. The molecule has 0 aliphatic rings. The number of ether oxygens (including phenoxy) is 1. The number of nitrogens with one attached hydrogen (secondary N) is 1. The van der Waals surface area contributed by atoms with E-state index >= 15 is 0 Å². The zero-order valence-corrected chi connectivity index (χ0v) is 13.3. The second-order valence-electron chi connectivity index (χ2n) is 3.86. The Labute approximate surface area is 129 Å². The van der Waals surface area contributed by atoms with Gasteiger partial charge >= 0.3 is 0 Å². The third-order valence-corrected chi connectivity index (χ3v) is 5.70. The first-order chi connectivity index (χ1) is 9.82. The third kappa shape index (κ3) is 3.49. The molecule has 2 rings (SSSR count). The lowest BCUT2D eigenvalue weighted by Gasteiger charge is -2.06. The molecule has 0 fully saturated rings. The number of amides is 1.